The number of aliphatic hydroxyl groups is 1. The molecule has 0 heterocycles. The lowest BCUT2D eigenvalue weighted by molar-refractivity contribution is -0.161. The van der Waals surface area contributed by atoms with Crippen molar-refractivity contribution in [2.45, 2.75) is 329 Å². The van der Waals surface area contributed by atoms with E-state index in [1.807, 2.05) is 0 Å². The lowest BCUT2D eigenvalue weighted by Crippen LogP contribution is -2.30. The third-order valence-corrected chi connectivity index (χ3v) is 17.7. The van der Waals surface area contributed by atoms with Crippen LogP contribution in [0, 0.1) is 0 Å². The molecule has 5 atom stereocenters. The minimum atomic E-state index is -4.98. The molecule has 0 aliphatic rings. The van der Waals surface area contributed by atoms with Gasteiger partial charge in [0.1, 0.15) is 19.3 Å². The van der Waals surface area contributed by atoms with Gasteiger partial charge in [0.15, 0.2) is 12.2 Å². The van der Waals surface area contributed by atoms with E-state index < -0.39 is 97.5 Å². The number of allylic oxidation sites excluding steroid dienone is 18. The number of hydrogen-bond donors (Lipinski definition) is 3. The van der Waals surface area contributed by atoms with Crippen LogP contribution in [0.2, 0.25) is 0 Å². The highest BCUT2D eigenvalue weighted by Crippen LogP contribution is 2.45. The summed E-state index contributed by atoms with van der Waals surface area (Å²) < 4.78 is 68.4. The van der Waals surface area contributed by atoms with E-state index in [0.29, 0.717) is 25.7 Å². The summed E-state index contributed by atoms with van der Waals surface area (Å²) in [4.78, 5) is 72.8. The van der Waals surface area contributed by atoms with Crippen LogP contribution in [0.15, 0.2) is 109 Å². The molecule has 5 unspecified atom stereocenters. The Labute approximate surface area is 594 Å². The molecule has 17 nitrogen and oxygen atoms in total. The smallest absolute Gasteiger partial charge is 0.462 e. The number of carbonyl (C=O) groups is 4. The number of phosphoric acid groups is 2. The van der Waals surface area contributed by atoms with Gasteiger partial charge in [-0.25, -0.2) is 9.13 Å². The van der Waals surface area contributed by atoms with Crippen LogP contribution in [0.25, 0.3) is 0 Å². The number of phosphoric ester groups is 2. The van der Waals surface area contributed by atoms with Gasteiger partial charge in [-0.3, -0.25) is 37.3 Å². The van der Waals surface area contributed by atoms with Crippen molar-refractivity contribution in [3.63, 3.8) is 0 Å². The highest BCUT2D eigenvalue weighted by molar-refractivity contribution is 7.47. The molecule has 0 radical (unpaired) electrons. The van der Waals surface area contributed by atoms with E-state index >= 15 is 0 Å². The summed E-state index contributed by atoms with van der Waals surface area (Å²) in [7, 11) is -9.95. The van der Waals surface area contributed by atoms with Crippen molar-refractivity contribution in [1.29, 1.82) is 0 Å². The Morgan fingerprint density at radius 3 is 0.827 bits per heavy atom. The lowest BCUT2D eigenvalue weighted by atomic mass is 10.1. The molecule has 0 bridgehead atoms. The first kappa shape index (κ1) is 93.7. The molecule has 0 rings (SSSR count). The number of unbranched alkanes of at least 4 members (excludes halogenated alkanes) is 27. The van der Waals surface area contributed by atoms with Gasteiger partial charge in [-0.2, -0.15) is 0 Å². The fourth-order valence-corrected chi connectivity index (χ4v) is 11.6. The third-order valence-electron chi connectivity index (χ3n) is 15.8. The molecule has 0 spiro atoms. The van der Waals surface area contributed by atoms with E-state index in [-0.39, 0.29) is 25.7 Å². The second kappa shape index (κ2) is 71.1. The highest BCUT2D eigenvalue weighted by Gasteiger charge is 2.30. The van der Waals surface area contributed by atoms with Gasteiger partial charge in [0, 0.05) is 25.7 Å². The van der Waals surface area contributed by atoms with Crippen molar-refractivity contribution in [2.24, 2.45) is 0 Å². The Hall–Kier alpha value is -4.28. The molecular weight excluding hydrogens is 1280 g/mol. The number of ether oxygens (including phenoxy) is 4. The summed E-state index contributed by atoms with van der Waals surface area (Å²) >= 11 is 0. The average Bonchev–Trinajstić information content (AvgIpc) is 1.03. The predicted molar refractivity (Wildman–Crippen MR) is 399 cm³/mol. The summed E-state index contributed by atoms with van der Waals surface area (Å²) in [5.74, 6) is -2.23. The zero-order valence-corrected chi connectivity index (χ0v) is 63.2. The van der Waals surface area contributed by atoms with Crippen LogP contribution in [-0.2, 0) is 65.4 Å². The maximum absolute atomic E-state index is 13.1. The lowest BCUT2D eigenvalue weighted by Gasteiger charge is -2.21. The van der Waals surface area contributed by atoms with Crippen LogP contribution in [0.3, 0.4) is 0 Å². The maximum Gasteiger partial charge on any atom is 0.472 e. The van der Waals surface area contributed by atoms with E-state index in [1.54, 1.807) is 0 Å². The summed E-state index contributed by atoms with van der Waals surface area (Å²) in [6.45, 7) is 4.58. The highest BCUT2D eigenvalue weighted by atomic mass is 31.2. The Balaban J connectivity index is 5.32. The predicted octanol–water partition coefficient (Wildman–Crippen LogP) is 21.8. The van der Waals surface area contributed by atoms with Gasteiger partial charge in [-0.05, 0) is 109 Å². The first-order valence-electron chi connectivity index (χ1n) is 38.1. The largest absolute Gasteiger partial charge is 0.472 e. The zero-order valence-electron chi connectivity index (χ0n) is 61.4. The molecule has 0 saturated carbocycles. The van der Waals surface area contributed by atoms with Gasteiger partial charge < -0.3 is 33.8 Å². The molecule has 3 N–H and O–H groups in total. The molecule has 0 aromatic rings. The summed E-state index contributed by atoms with van der Waals surface area (Å²) in [6.07, 6.45) is 75.2. The van der Waals surface area contributed by atoms with Crippen LogP contribution in [0.1, 0.15) is 310 Å². The summed E-state index contributed by atoms with van der Waals surface area (Å²) in [5, 5.41) is 10.6. The van der Waals surface area contributed by atoms with Crippen LogP contribution >= 0.6 is 15.6 Å². The van der Waals surface area contributed by atoms with Gasteiger partial charge >= 0.3 is 39.5 Å². The second-order valence-electron chi connectivity index (χ2n) is 25.2. The molecule has 0 saturated heterocycles. The summed E-state index contributed by atoms with van der Waals surface area (Å²) in [5.41, 5.74) is 0. The Kier molecular flexibility index (Phi) is 68.0. The topological polar surface area (TPSA) is 237 Å². The van der Waals surface area contributed by atoms with Gasteiger partial charge in [0.2, 0.25) is 0 Å². The van der Waals surface area contributed by atoms with Crippen LogP contribution in [0.4, 0.5) is 0 Å². The minimum absolute atomic E-state index is 0.0886. The second-order valence-corrected chi connectivity index (χ2v) is 28.1. The standard InChI is InChI=1S/C79H136O17P2/c1-5-9-13-17-21-25-29-31-33-35-36-38-40-42-46-48-52-56-60-64-77(82)90-70-75(96-79(84)66-62-58-54-50-44-28-24-20-16-12-8-4)72-94-98(87,88)92-68-73(80)67-91-97(85,86)93-71-74(95-78(83)65-61-57-53-49-43-27-23-19-15-11-7-3)69-89-76(81)63-59-55-51-47-45-41-39-37-34-32-30-26-22-18-14-10-6-2/h9-10,13-14,21-22,25-26,31-34,36,38-39,41-42,46,73-75,80H,5-8,11-12,15-20,23-24,27-30,35,37,40,43-45,47-72H2,1-4H3,(H,85,86)(H,87,88)/b13-9-,14-10-,25-21-,26-22-,33-31-,34-32-,38-36-,41-39-,46-42-. The molecule has 0 aromatic carbocycles. The van der Waals surface area contributed by atoms with Gasteiger partial charge in [0.05, 0.1) is 26.4 Å². The van der Waals surface area contributed by atoms with Crippen molar-refractivity contribution in [3.05, 3.63) is 109 Å². The van der Waals surface area contributed by atoms with Crippen LogP contribution < -0.4 is 0 Å². The molecule has 19 heteroatoms. The van der Waals surface area contributed by atoms with Crippen LogP contribution in [0.5, 0.6) is 0 Å². The summed E-state index contributed by atoms with van der Waals surface area (Å²) in [6, 6.07) is 0. The average molecular weight is 1420 g/mol. The van der Waals surface area contributed by atoms with Crippen LogP contribution in [-0.4, -0.2) is 96.7 Å². The van der Waals surface area contributed by atoms with E-state index in [0.717, 1.165) is 154 Å². The Morgan fingerprint density at radius 2 is 0.531 bits per heavy atom. The van der Waals surface area contributed by atoms with Crippen molar-refractivity contribution in [3.8, 4) is 0 Å². The Bertz CT molecular complexity index is 2290. The minimum Gasteiger partial charge on any atom is -0.462 e. The molecule has 0 amide bonds. The fourth-order valence-electron chi connectivity index (χ4n) is 10.0. The van der Waals surface area contributed by atoms with E-state index in [9.17, 15) is 43.2 Å². The van der Waals surface area contributed by atoms with Crippen molar-refractivity contribution in [1.82, 2.24) is 0 Å². The number of carbonyl (C=O) groups excluding carboxylic acids is 4. The first-order valence-corrected chi connectivity index (χ1v) is 41.1. The van der Waals surface area contributed by atoms with Gasteiger partial charge in [-0.1, -0.05) is 285 Å². The molecule has 98 heavy (non-hydrogen) atoms. The fraction of sp³-hybridized carbons (Fsp3) is 0.722. The SMILES string of the molecule is CC/C=C\C/C=C\C/C=C\C/C=C\C/C=C\CCCCCC(=O)OCC(COP(=O)(O)OCC(O)COP(=O)(O)OCC(COC(=O)CCCCCC/C=C\C/C=C\C/C=C\C/C=C\CC)OC(=O)CCCCCCCCCCCCC)OC(=O)CCCCCCCCCCCCC. The Morgan fingerprint density at radius 1 is 0.296 bits per heavy atom. The number of rotatable bonds is 71. The zero-order chi connectivity index (χ0) is 71.8. The van der Waals surface area contributed by atoms with Crippen molar-refractivity contribution in [2.75, 3.05) is 39.6 Å². The van der Waals surface area contributed by atoms with Gasteiger partial charge in [-0.15, -0.1) is 0 Å². The van der Waals surface area contributed by atoms with Crippen molar-refractivity contribution >= 4 is 39.5 Å². The molecule has 0 aromatic heterocycles. The molecule has 0 aliphatic carbocycles. The van der Waals surface area contributed by atoms with E-state index in [2.05, 4.69) is 137 Å². The van der Waals surface area contributed by atoms with E-state index in [4.69, 9.17) is 37.0 Å². The van der Waals surface area contributed by atoms with E-state index in [1.165, 1.54) is 77.0 Å². The quantitative estimate of drug-likeness (QED) is 0.0169. The molecular formula is C79H136O17P2. The monoisotopic (exact) mass is 1420 g/mol. The number of esters is 4. The first-order chi connectivity index (χ1) is 47.7. The normalized spacial score (nSPS) is 14.6. The molecule has 0 fully saturated rings. The molecule has 0 aliphatic heterocycles. The third kappa shape index (κ3) is 70.2. The number of aliphatic hydroxyl groups excluding tert-OH is 1. The molecule has 564 valence electrons. The maximum atomic E-state index is 13.1. The van der Waals surface area contributed by atoms with Gasteiger partial charge in [0.25, 0.3) is 0 Å². The van der Waals surface area contributed by atoms with Crippen molar-refractivity contribution < 1.29 is 80.2 Å². The number of hydrogen-bond acceptors (Lipinski definition) is 15.